The van der Waals surface area contributed by atoms with E-state index in [1.54, 1.807) is 0 Å². The van der Waals surface area contributed by atoms with Crippen LogP contribution in [0, 0.1) is 0 Å². The van der Waals surface area contributed by atoms with E-state index in [-0.39, 0.29) is 17.1 Å². The number of benzene rings is 4. The molecule has 0 unspecified atom stereocenters. The van der Waals surface area contributed by atoms with Crippen LogP contribution in [-0.2, 0) is 26.2 Å². The molecular formula is C34H28FeO2P2. The Morgan fingerprint density at radius 3 is 0.744 bits per heavy atom. The third kappa shape index (κ3) is 5.94. The van der Waals surface area contributed by atoms with E-state index in [1.807, 2.05) is 170 Å². The number of hydrogen-bond donors (Lipinski definition) is 0. The van der Waals surface area contributed by atoms with E-state index in [0.29, 0.717) is 0 Å². The van der Waals surface area contributed by atoms with Gasteiger partial charge in [-0.15, -0.1) is 0 Å². The van der Waals surface area contributed by atoms with Gasteiger partial charge in [-0.05, 0) is 0 Å². The molecule has 0 radical (unpaired) electrons. The van der Waals surface area contributed by atoms with Crippen LogP contribution in [0.25, 0.3) is 0 Å². The fourth-order valence-corrected chi connectivity index (χ4v) is 9.93. The molecule has 2 nitrogen and oxygen atoms in total. The molecule has 0 aliphatic carbocycles. The first-order valence-corrected chi connectivity index (χ1v) is 15.9. The largest absolute Gasteiger partial charge is 2.00 e. The van der Waals surface area contributed by atoms with Gasteiger partial charge >= 0.3 is 17.1 Å². The molecule has 0 atom stereocenters. The van der Waals surface area contributed by atoms with E-state index >= 15 is 0 Å². The van der Waals surface area contributed by atoms with Crippen LogP contribution >= 0.6 is 14.3 Å². The molecule has 5 heteroatoms. The molecule has 0 bridgehead atoms. The van der Waals surface area contributed by atoms with Crippen molar-refractivity contribution in [3.8, 4) is 0 Å². The summed E-state index contributed by atoms with van der Waals surface area (Å²) in [7, 11) is -5.46. The minimum Gasteiger partial charge on any atom is -0.322 e. The van der Waals surface area contributed by atoms with Gasteiger partial charge in [-0.25, -0.2) is 24.3 Å². The molecule has 0 aliphatic rings. The summed E-state index contributed by atoms with van der Waals surface area (Å²) in [5.74, 6) is 0. The monoisotopic (exact) mass is 586 g/mol. The van der Waals surface area contributed by atoms with E-state index in [0.717, 1.165) is 31.8 Å². The summed E-state index contributed by atoms with van der Waals surface area (Å²) in [4.78, 5) is 0. The Labute approximate surface area is 241 Å². The third-order valence-corrected chi connectivity index (χ3v) is 12.6. The van der Waals surface area contributed by atoms with E-state index in [4.69, 9.17) is 0 Å². The Hall–Kier alpha value is -3.44. The van der Waals surface area contributed by atoms with Crippen molar-refractivity contribution in [1.29, 1.82) is 0 Å². The van der Waals surface area contributed by atoms with E-state index < -0.39 is 14.3 Å². The van der Waals surface area contributed by atoms with Gasteiger partial charge in [0, 0.05) is 21.2 Å². The van der Waals surface area contributed by atoms with Crippen molar-refractivity contribution in [2.45, 2.75) is 0 Å². The molecular weight excluding hydrogens is 558 g/mol. The van der Waals surface area contributed by atoms with Gasteiger partial charge in [0.25, 0.3) is 0 Å². The molecule has 0 fully saturated rings. The molecule has 0 saturated carbocycles. The van der Waals surface area contributed by atoms with Gasteiger partial charge in [0.2, 0.25) is 0 Å². The summed E-state index contributed by atoms with van der Waals surface area (Å²) in [6, 6.07) is 54.4. The smallest absolute Gasteiger partial charge is 0.322 e. The summed E-state index contributed by atoms with van der Waals surface area (Å²) in [5, 5.41) is 5.31. The molecule has 0 aliphatic heterocycles. The Morgan fingerprint density at radius 2 is 0.538 bits per heavy atom. The fourth-order valence-electron chi connectivity index (χ4n) is 4.59. The summed E-state index contributed by atoms with van der Waals surface area (Å²) in [6.07, 6.45) is 0. The Bertz CT molecular complexity index is 1420. The first-order valence-electron chi connectivity index (χ1n) is 12.5. The molecule has 0 spiro atoms. The van der Waals surface area contributed by atoms with Gasteiger partial charge in [0.15, 0.2) is 0 Å². The Kier molecular flexibility index (Phi) is 9.58. The van der Waals surface area contributed by atoms with Crippen molar-refractivity contribution in [1.82, 2.24) is 0 Å². The van der Waals surface area contributed by atoms with Gasteiger partial charge in [0.05, 0.1) is 0 Å². The third-order valence-electron chi connectivity index (χ3n) is 6.50. The van der Waals surface area contributed by atoms with Crippen molar-refractivity contribution in [2.75, 3.05) is 0 Å². The van der Waals surface area contributed by atoms with Crippen LogP contribution in [-0.4, -0.2) is 0 Å². The standard InChI is InChI=1S/2C17H14OP.Fe/c2*18-19(17-13-7-8-14-17,15-9-3-1-4-10-15)16-11-5-2-6-12-16;/h2*1-14H;/q2*-1;+2. The van der Waals surface area contributed by atoms with Gasteiger partial charge in [-0.1, -0.05) is 132 Å². The predicted molar refractivity (Wildman–Crippen MR) is 163 cm³/mol. The maximum absolute atomic E-state index is 13.7. The molecule has 0 saturated heterocycles. The van der Waals surface area contributed by atoms with Crippen molar-refractivity contribution in [2.24, 2.45) is 0 Å². The second kappa shape index (κ2) is 13.1. The summed E-state index contributed by atoms with van der Waals surface area (Å²) in [5.41, 5.74) is 0. The predicted octanol–water partition coefficient (Wildman–Crippen LogP) is 6.09. The molecule has 6 rings (SSSR count). The topological polar surface area (TPSA) is 34.1 Å². The van der Waals surface area contributed by atoms with Crippen LogP contribution in [0.3, 0.4) is 0 Å². The zero-order valence-corrected chi connectivity index (χ0v) is 24.1. The van der Waals surface area contributed by atoms with Crippen LogP contribution in [0.1, 0.15) is 0 Å². The molecule has 194 valence electrons. The normalized spacial score (nSPS) is 11.1. The van der Waals surface area contributed by atoms with E-state index in [1.165, 1.54) is 0 Å². The SMILES string of the molecule is O=P(c1ccccc1)(c1ccccc1)[c-]1cccc1.O=P(c1ccccc1)(c1ccccc1)[c-]1cccc1.[Fe+2]. The van der Waals surface area contributed by atoms with Crippen molar-refractivity contribution >= 4 is 46.1 Å². The summed E-state index contributed by atoms with van der Waals surface area (Å²) < 4.78 is 27.4. The minimum atomic E-state index is -2.73. The molecule has 39 heavy (non-hydrogen) atoms. The minimum absolute atomic E-state index is 0. The summed E-state index contributed by atoms with van der Waals surface area (Å²) in [6.45, 7) is 0. The molecule has 0 N–H and O–H groups in total. The molecule has 0 heterocycles. The Balaban J connectivity index is 0.000000176. The van der Waals surface area contributed by atoms with Crippen molar-refractivity contribution in [3.63, 3.8) is 0 Å². The molecule has 0 aromatic heterocycles. The maximum atomic E-state index is 13.7. The molecule has 6 aromatic carbocycles. The van der Waals surface area contributed by atoms with E-state index in [9.17, 15) is 9.13 Å². The van der Waals surface area contributed by atoms with Crippen LogP contribution in [0.5, 0.6) is 0 Å². The van der Waals surface area contributed by atoms with Gasteiger partial charge in [0.1, 0.15) is 14.3 Å². The second-order valence-corrected chi connectivity index (χ2v) is 14.4. The first kappa shape index (κ1) is 28.6. The van der Waals surface area contributed by atoms with Crippen LogP contribution in [0.4, 0.5) is 0 Å². The summed E-state index contributed by atoms with van der Waals surface area (Å²) >= 11 is 0. The quantitative estimate of drug-likeness (QED) is 0.135. The average molecular weight is 586 g/mol. The zero-order chi connectivity index (χ0) is 26.3. The number of hydrogen-bond acceptors (Lipinski definition) is 2. The second-order valence-electron chi connectivity index (χ2n) is 8.85. The van der Waals surface area contributed by atoms with Crippen LogP contribution in [0.2, 0.25) is 0 Å². The average Bonchev–Trinajstić information content (AvgIpc) is 3.75. The first-order chi connectivity index (χ1) is 18.6. The van der Waals surface area contributed by atoms with Crippen LogP contribution < -0.4 is 31.8 Å². The van der Waals surface area contributed by atoms with E-state index in [2.05, 4.69) is 0 Å². The Morgan fingerprint density at radius 1 is 0.333 bits per heavy atom. The molecule has 0 amide bonds. The van der Waals surface area contributed by atoms with Gasteiger partial charge in [-0.3, -0.25) is 0 Å². The zero-order valence-electron chi connectivity index (χ0n) is 21.2. The fraction of sp³-hybridized carbons (Fsp3) is 0. The van der Waals surface area contributed by atoms with Crippen molar-refractivity contribution in [3.05, 3.63) is 170 Å². The molecule has 6 aromatic rings. The van der Waals surface area contributed by atoms with Gasteiger partial charge in [-0.2, -0.15) is 24.3 Å². The number of rotatable bonds is 6. The van der Waals surface area contributed by atoms with Crippen molar-refractivity contribution < 1.29 is 26.2 Å². The maximum Gasteiger partial charge on any atom is 2.00 e. The van der Waals surface area contributed by atoms with Crippen LogP contribution in [0.15, 0.2) is 170 Å². The van der Waals surface area contributed by atoms with Gasteiger partial charge < -0.3 is 9.13 Å².